The minimum atomic E-state index is -1.00. The fourth-order valence-corrected chi connectivity index (χ4v) is 2.20. The summed E-state index contributed by atoms with van der Waals surface area (Å²) in [5, 5.41) is 6.64. The van der Waals surface area contributed by atoms with Crippen molar-refractivity contribution in [1.29, 1.82) is 0 Å². The van der Waals surface area contributed by atoms with E-state index in [0.29, 0.717) is 5.36 Å². The number of amides is 3. The summed E-state index contributed by atoms with van der Waals surface area (Å²) >= 11 is 0. The van der Waals surface area contributed by atoms with E-state index in [-0.39, 0.29) is 5.91 Å². The van der Waals surface area contributed by atoms with Gasteiger partial charge in [-0.25, -0.2) is 4.99 Å². The molecule has 23 heavy (non-hydrogen) atoms. The monoisotopic (exact) mass is 315 g/mol. The van der Waals surface area contributed by atoms with Gasteiger partial charge in [-0.05, 0) is 39.0 Å². The number of hydrogen-bond donors (Lipinski definition) is 2. The number of nitrogens with zero attached hydrogens (tertiary/aromatic N) is 1. The lowest BCUT2D eigenvalue weighted by Gasteiger charge is -2.24. The summed E-state index contributed by atoms with van der Waals surface area (Å²) in [6, 6.07) is 6.37. The zero-order valence-electron chi connectivity index (χ0n) is 13.7. The highest BCUT2D eigenvalue weighted by Crippen LogP contribution is 2.06. The molecule has 2 rings (SSSR count). The number of fused-ring (bicyclic) bond motifs is 1. The number of hydrogen-bond acceptors (Lipinski definition) is 3. The van der Waals surface area contributed by atoms with Gasteiger partial charge in [-0.15, -0.1) is 0 Å². The summed E-state index contributed by atoms with van der Waals surface area (Å²) in [7, 11) is 0. The van der Waals surface area contributed by atoms with Gasteiger partial charge in [0.05, 0.1) is 5.36 Å². The molecule has 2 unspecified atom stereocenters. The minimum Gasteiger partial charge on any atom is -0.350 e. The lowest BCUT2D eigenvalue weighted by Crippen LogP contribution is -2.52. The molecule has 122 valence electrons. The molecule has 1 heterocycles. The van der Waals surface area contributed by atoms with Crippen molar-refractivity contribution in [3.8, 4) is 0 Å². The molecule has 0 saturated carbocycles. The third kappa shape index (κ3) is 4.25. The van der Waals surface area contributed by atoms with Gasteiger partial charge in [0, 0.05) is 5.54 Å². The molecule has 2 atom stereocenters. The average Bonchev–Trinajstić information content (AvgIpc) is 2.44. The van der Waals surface area contributed by atoms with Crippen LogP contribution in [0.2, 0.25) is 0 Å². The second-order valence-electron chi connectivity index (χ2n) is 6.62. The van der Waals surface area contributed by atoms with Crippen molar-refractivity contribution in [3.05, 3.63) is 34.8 Å². The molecule has 1 aliphatic heterocycles. The third-order valence-electron chi connectivity index (χ3n) is 3.31. The molecule has 0 radical (unpaired) electrons. The van der Waals surface area contributed by atoms with Crippen LogP contribution in [0.3, 0.4) is 0 Å². The predicted octanol–water partition coefficient (Wildman–Crippen LogP) is -0.337. The maximum absolute atomic E-state index is 12.3. The molecule has 2 N–H and O–H groups in total. The molecule has 3 amide bonds. The molecule has 0 spiro atoms. The van der Waals surface area contributed by atoms with Gasteiger partial charge < -0.3 is 10.6 Å². The van der Waals surface area contributed by atoms with Gasteiger partial charge in [0.2, 0.25) is 11.8 Å². The highest BCUT2D eigenvalue weighted by molar-refractivity contribution is 6.07. The second kappa shape index (κ2) is 6.32. The summed E-state index contributed by atoms with van der Waals surface area (Å²) in [4.78, 5) is 40.3. The number of para-hydroxylation sites is 1. The molecule has 0 saturated heterocycles. The standard InChI is InChI=1S/C17H21N3O3/c1-10(14(21)20-17(2,3)4)18-15(22)12-9-11-7-5-6-8-13(11)19-16(12)23/h5-10,12H,1-4H3,(H,18,22)(H,20,21). The summed E-state index contributed by atoms with van der Waals surface area (Å²) in [5.74, 6) is -2.35. The lowest BCUT2D eigenvalue weighted by atomic mass is 10.0. The highest BCUT2D eigenvalue weighted by Gasteiger charge is 2.29. The zero-order valence-corrected chi connectivity index (χ0v) is 13.7. The van der Waals surface area contributed by atoms with Gasteiger partial charge in [0.1, 0.15) is 12.0 Å². The zero-order chi connectivity index (χ0) is 17.2. The van der Waals surface area contributed by atoms with E-state index in [1.807, 2.05) is 26.8 Å². The Hall–Kier alpha value is -2.50. The van der Waals surface area contributed by atoms with E-state index in [2.05, 4.69) is 15.6 Å². The summed E-state index contributed by atoms with van der Waals surface area (Å²) in [6.45, 7) is 7.15. The molecule has 6 heteroatoms. The van der Waals surface area contributed by atoms with Crippen LogP contribution in [-0.4, -0.2) is 29.3 Å². The van der Waals surface area contributed by atoms with Crippen molar-refractivity contribution >= 4 is 23.8 Å². The van der Waals surface area contributed by atoms with E-state index in [0.717, 1.165) is 5.22 Å². The summed E-state index contributed by atoms with van der Waals surface area (Å²) in [5.41, 5.74) is -0.392. The van der Waals surface area contributed by atoms with Crippen molar-refractivity contribution in [2.24, 2.45) is 10.9 Å². The Kier molecular flexibility index (Phi) is 4.63. The Morgan fingerprint density at radius 3 is 2.52 bits per heavy atom. The second-order valence-corrected chi connectivity index (χ2v) is 6.62. The van der Waals surface area contributed by atoms with Gasteiger partial charge in [-0.1, -0.05) is 24.3 Å². The van der Waals surface area contributed by atoms with Crippen LogP contribution in [0.5, 0.6) is 0 Å². The van der Waals surface area contributed by atoms with E-state index < -0.39 is 29.3 Å². The van der Waals surface area contributed by atoms with Gasteiger partial charge in [0.25, 0.3) is 5.91 Å². The van der Waals surface area contributed by atoms with E-state index in [4.69, 9.17) is 0 Å². The van der Waals surface area contributed by atoms with Crippen LogP contribution in [-0.2, 0) is 14.4 Å². The first kappa shape index (κ1) is 16.9. The number of rotatable bonds is 3. The van der Waals surface area contributed by atoms with Gasteiger partial charge in [0.15, 0.2) is 0 Å². The minimum absolute atomic E-state index is 0.300. The smallest absolute Gasteiger partial charge is 0.262 e. The van der Waals surface area contributed by atoms with Crippen LogP contribution in [0, 0.1) is 5.92 Å². The fraction of sp³-hybridized carbons (Fsp3) is 0.412. The Morgan fingerprint density at radius 2 is 1.87 bits per heavy atom. The Bertz CT molecular complexity index is 762. The largest absolute Gasteiger partial charge is 0.350 e. The van der Waals surface area contributed by atoms with Crippen molar-refractivity contribution in [3.63, 3.8) is 0 Å². The first-order valence-electron chi connectivity index (χ1n) is 7.49. The molecule has 1 aromatic carbocycles. The Labute approximate surface area is 134 Å². The number of benzene rings is 1. The first-order chi connectivity index (χ1) is 10.7. The molecule has 0 aliphatic carbocycles. The van der Waals surface area contributed by atoms with Gasteiger partial charge in [-0.3, -0.25) is 14.4 Å². The molecule has 0 bridgehead atoms. The van der Waals surface area contributed by atoms with E-state index >= 15 is 0 Å². The highest BCUT2D eigenvalue weighted by atomic mass is 16.2. The molecule has 0 fully saturated rings. The normalized spacial score (nSPS) is 18.1. The SMILES string of the molecule is CC(NC(=O)C1C=c2ccccc2=NC1=O)C(=O)NC(C)(C)C. The van der Waals surface area contributed by atoms with Crippen molar-refractivity contribution < 1.29 is 14.4 Å². The van der Waals surface area contributed by atoms with Crippen molar-refractivity contribution in [1.82, 2.24) is 10.6 Å². The van der Waals surface area contributed by atoms with Crippen LogP contribution in [0.15, 0.2) is 29.3 Å². The molecule has 0 aromatic heterocycles. The van der Waals surface area contributed by atoms with Crippen LogP contribution in [0.25, 0.3) is 6.08 Å². The van der Waals surface area contributed by atoms with Crippen LogP contribution in [0.4, 0.5) is 0 Å². The molecular formula is C17H21N3O3. The quantitative estimate of drug-likeness (QED) is 0.748. The first-order valence-corrected chi connectivity index (χ1v) is 7.49. The summed E-state index contributed by atoms with van der Waals surface area (Å²) < 4.78 is 0. The number of carbonyl (C=O) groups excluding carboxylic acids is 3. The molecule has 1 aromatic rings. The number of nitrogens with one attached hydrogen (secondary N) is 2. The van der Waals surface area contributed by atoms with Crippen LogP contribution in [0.1, 0.15) is 27.7 Å². The van der Waals surface area contributed by atoms with E-state index in [9.17, 15) is 14.4 Å². The Morgan fingerprint density at radius 1 is 1.22 bits per heavy atom. The van der Waals surface area contributed by atoms with Crippen LogP contribution < -0.4 is 21.2 Å². The van der Waals surface area contributed by atoms with E-state index in [1.165, 1.54) is 0 Å². The van der Waals surface area contributed by atoms with Gasteiger partial charge >= 0.3 is 0 Å². The molecule has 1 aliphatic rings. The summed E-state index contributed by atoms with van der Waals surface area (Å²) in [6.07, 6.45) is 1.58. The maximum atomic E-state index is 12.3. The number of carbonyl (C=O) groups is 3. The average molecular weight is 315 g/mol. The molecular weight excluding hydrogens is 294 g/mol. The van der Waals surface area contributed by atoms with E-state index in [1.54, 1.807) is 31.2 Å². The van der Waals surface area contributed by atoms with Gasteiger partial charge in [-0.2, -0.15) is 0 Å². The maximum Gasteiger partial charge on any atom is 0.262 e. The van der Waals surface area contributed by atoms with Crippen molar-refractivity contribution in [2.45, 2.75) is 39.3 Å². The van der Waals surface area contributed by atoms with Crippen molar-refractivity contribution in [2.75, 3.05) is 0 Å². The third-order valence-corrected chi connectivity index (χ3v) is 3.31. The topological polar surface area (TPSA) is 87.6 Å². The van der Waals surface area contributed by atoms with Crippen LogP contribution >= 0.6 is 0 Å². The predicted molar refractivity (Wildman–Crippen MR) is 85.7 cm³/mol. The molecule has 6 nitrogen and oxygen atoms in total. The fourth-order valence-electron chi connectivity index (χ4n) is 2.20. The lowest BCUT2D eigenvalue weighted by molar-refractivity contribution is -0.134. The Balaban J connectivity index is 2.11.